The highest BCUT2D eigenvalue weighted by Gasteiger charge is 2.24. The molecule has 0 N–H and O–H groups in total. The molecule has 0 radical (unpaired) electrons. The van der Waals surface area contributed by atoms with E-state index in [0.717, 1.165) is 12.1 Å². The minimum absolute atomic E-state index is 0.0705. The van der Waals surface area contributed by atoms with Crippen molar-refractivity contribution < 1.29 is 4.74 Å². The predicted octanol–water partition coefficient (Wildman–Crippen LogP) is 3.81. The minimum Gasteiger partial charge on any atom is -0.371 e. The fourth-order valence-electron chi connectivity index (χ4n) is 2.53. The van der Waals surface area contributed by atoms with Gasteiger partial charge < -0.3 is 4.74 Å². The maximum atomic E-state index is 9.18. The molecule has 1 aromatic rings. The van der Waals surface area contributed by atoms with Crippen LogP contribution in [0.4, 0.5) is 0 Å². The van der Waals surface area contributed by atoms with Gasteiger partial charge in [0.25, 0.3) is 0 Å². The van der Waals surface area contributed by atoms with Crippen LogP contribution in [0.25, 0.3) is 0 Å². The summed E-state index contributed by atoms with van der Waals surface area (Å²) in [6.07, 6.45) is 0.958. The first-order valence-electron chi connectivity index (χ1n) is 7.19. The lowest BCUT2D eigenvalue weighted by Crippen LogP contribution is -2.40. The van der Waals surface area contributed by atoms with Gasteiger partial charge >= 0.3 is 0 Å². The van der Waals surface area contributed by atoms with Gasteiger partial charge in [-0.05, 0) is 24.1 Å². The number of halogens is 2. The predicted molar refractivity (Wildman–Crippen MR) is 85.5 cm³/mol. The Morgan fingerprint density at radius 1 is 1.32 bits per heavy atom. The number of morpholine rings is 1. The van der Waals surface area contributed by atoms with Crippen molar-refractivity contribution >= 4 is 23.2 Å². The standard InChI is InChI=1S/C16H17Cl2N3O/c17-14-4-3-13(8-15(14)18)16-11-21(6-7-22-16)10-12(9-20)2-1-5-19/h3-4,8,12,16H,1-2,6-7,10-11H2/t12-,16+/m0/s1. The molecular weight excluding hydrogens is 321 g/mol. The number of hydrogen-bond acceptors (Lipinski definition) is 4. The largest absolute Gasteiger partial charge is 0.371 e. The fraction of sp³-hybridized carbons (Fsp3) is 0.500. The molecule has 1 aliphatic rings. The molecule has 1 saturated heterocycles. The van der Waals surface area contributed by atoms with Gasteiger partial charge in [-0.3, -0.25) is 4.90 Å². The molecule has 2 atom stereocenters. The van der Waals surface area contributed by atoms with Gasteiger partial charge in [-0.1, -0.05) is 29.3 Å². The molecule has 0 aromatic heterocycles. The van der Waals surface area contributed by atoms with E-state index in [0.29, 0.717) is 42.6 Å². The highest BCUT2D eigenvalue weighted by atomic mass is 35.5. The molecule has 0 spiro atoms. The zero-order valence-electron chi connectivity index (χ0n) is 12.1. The molecule has 0 unspecified atom stereocenters. The van der Waals surface area contributed by atoms with Gasteiger partial charge in [0, 0.05) is 26.1 Å². The lowest BCUT2D eigenvalue weighted by atomic mass is 10.0. The van der Waals surface area contributed by atoms with Crippen LogP contribution in [0.3, 0.4) is 0 Å². The second-order valence-electron chi connectivity index (χ2n) is 5.32. The van der Waals surface area contributed by atoms with E-state index in [9.17, 15) is 5.26 Å². The molecule has 2 rings (SSSR count). The molecule has 1 aliphatic heterocycles. The number of benzene rings is 1. The monoisotopic (exact) mass is 337 g/mol. The Labute approximate surface area is 140 Å². The molecule has 6 heteroatoms. The van der Waals surface area contributed by atoms with E-state index in [4.69, 9.17) is 33.2 Å². The maximum Gasteiger partial charge on any atom is 0.0952 e. The molecule has 0 aliphatic carbocycles. The van der Waals surface area contributed by atoms with Gasteiger partial charge in [-0.2, -0.15) is 10.5 Å². The van der Waals surface area contributed by atoms with Crippen LogP contribution in [0.15, 0.2) is 18.2 Å². The van der Waals surface area contributed by atoms with Gasteiger partial charge in [-0.15, -0.1) is 0 Å². The Morgan fingerprint density at radius 2 is 2.14 bits per heavy atom. The second-order valence-corrected chi connectivity index (χ2v) is 6.13. The van der Waals surface area contributed by atoms with E-state index in [1.807, 2.05) is 12.1 Å². The fourth-order valence-corrected chi connectivity index (χ4v) is 2.84. The third-order valence-electron chi connectivity index (χ3n) is 3.73. The number of hydrogen-bond donors (Lipinski definition) is 0. The zero-order chi connectivity index (χ0) is 15.9. The number of rotatable bonds is 5. The zero-order valence-corrected chi connectivity index (χ0v) is 13.6. The van der Waals surface area contributed by atoms with E-state index in [2.05, 4.69) is 17.0 Å². The van der Waals surface area contributed by atoms with Gasteiger partial charge in [-0.25, -0.2) is 0 Å². The lowest BCUT2D eigenvalue weighted by molar-refractivity contribution is -0.0328. The van der Waals surface area contributed by atoms with Crippen LogP contribution in [0.2, 0.25) is 10.0 Å². The Kier molecular flexibility index (Phi) is 6.49. The van der Waals surface area contributed by atoms with Crippen LogP contribution in [0, 0.1) is 28.6 Å². The summed E-state index contributed by atoms with van der Waals surface area (Å²) in [7, 11) is 0. The molecule has 22 heavy (non-hydrogen) atoms. The van der Waals surface area contributed by atoms with Crippen LogP contribution in [0.5, 0.6) is 0 Å². The molecule has 4 nitrogen and oxygen atoms in total. The topological polar surface area (TPSA) is 60.0 Å². The van der Waals surface area contributed by atoms with Gasteiger partial charge in [0.2, 0.25) is 0 Å². The Hall–Kier alpha value is -1.30. The smallest absolute Gasteiger partial charge is 0.0952 e. The average Bonchev–Trinajstić information content (AvgIpc) is 2.54. The van der Waals surface area contributed by atoms with Crippen molar-refractivity contribution in [2.24, 2.45) is 5.92 Å². The molecule has 0 bridgehead atoms. The first-order chi connectivity index (χ1) is 10.6. The SMILES string of the molecule is N#CCC[C@@H](C#N)CN1CCO[C@@H](c2ccc(Cl)c(Cl)c2)C1. The highest BCUT2D eigenvalue weighted by Crippen LogP contribution is 2.29. The van der Waals surface area contributed by atoms with Crippen molar-refractivity contribution in [1.82, 2.24) is 4.90 Å². The van der Waals surface area contributed by atoms with Crippen LogP contribution in [-0.4, -0.2) is 31.1 Å². The van der Waals surface area contributed by atoms with Crippen molar-refractivity contribution in [2.75, 3.05) is 26.2 Å². The summed E-state index contributed by atoms with van der Waals surface area (Å²) in [6.45, 7) is 2.78. The third-order valence-corrected chi connectivity index (χ3v) is 4.47. The van der Waals surface area contributed by atoms with Crippen molar-refractivity contribution in [3.8, 4) is 12.1 Å². The molecule has 0 amide bonds. The Morgan fingerprint density at radius 3 is 2.82 bits per heavy atom. The Balaban J connectivity index is 1.98. The van der Waals surface area contributed by atoms with Gasteiger partial charge in [0.15, 0.2) is 0 Å². The minimum atomic E-state index is -0.118. The summed E-state index contributed by atoms with van der Waals surface area (Å²) in [5, 5.41) is 18.9. The third kappa shape index (κ3) is 4.60. The molecule has 116 valence electrons. The second kappa shape index (κ2) is 8.36. The van der Waals surface area contributed by atoms with Crippen molar-refractivity contribution in [3.05, 3.63) is 33.8 Å². The summed E-state index contributed by atoms with van der Waals surface area (Å²) in [4.78, 5) is 2.21. The lowest BCUT2D eigenvalue weighted by Gasteiger charge is -2.34. The highest BCUT2D eigenvalue weighted by molar-refractivity contribution is 6.42. The number of ether oxygens (including phenoxy) is 1. The summed E-state index contributed by atoms with van der Waals surface area (Å²) >= 11 is 12.0. The van der Waals surface area contributed by atoms with E-state index in [1.165, 1.54) is 0 Å². The van der Waals surface area contributed by atoms with Crippen molar-refractivity contribution in [2.45, 2.75) is 18.9 Å². The Bertz CT molecular complexity index is 594. The molecule has 0 saturated carbocycles. The van der Waals surface area contributed by atoms with E-state index in [-0.39, 0.29) is 12.0 Å². The first-order valence-corrected chi connectivity index (χ1v) is 7.95. The van der Waals surface area contributed by atoms with Crippen molar-refractivity contribution in [1.29, 1.82) is 10.5 Å². The summed E-state index contributed by atoms with van der Waals surface area (Å²) in [5.74, 6) is -0.118. The number of nitriles is 2. The first kappa shape index (κ1) is 17.1. The average molecular weight is 338 g/mol. The summed E-state index contributed by atoms with van der Waals surface area (Å²) < 4.78 is 5.81. The number of nitrogens with zero attached hydrogens (tertiary/aromatic N) is 3. The summed E-state index contributed by atoms with van der Waals surface area (Å²) in [6, 6.07) is 9.89. The normalized spacial score (nSPS) is 20.1. The van der Waals surface area contributed by atoms with Gasteiger partial charge in [0.1, 0.15) is 0 Å². The molecule has 1 aromatic carbocycles. The molecular formula is C16H17Cl2N3O. The van der Waals surface area contributed by atoms with E-state index in [1.54, 1.807) is 6.07 Å². The molecule has 1 fully saturated rings. The van der Waals surface area contributed by atoms with Crippen LogP contribution < -0.4 is 0 Å². The van der Waals surface area contributed by atoms with Crippen molar-refractivity contribution in [3.63, 3.8) is 0 Å². The van der Waals surface area contributed by atoms with Crippen LogP contribution in [0.1, 0.15) is 24.5 Å². The van der Waals surface area contributed by atoms with Crippen LogP contribution in [-0.2, 0) is 4.74 Å². The summed E-state index contributed by atoms with van der Waals surface area (Å²) in [5.41, 5.74) is 0.990. The maximum absolute atomic E-state index is 9.18. The van der Waals surface area contributed by atoms with Gasteiger partial charge in [0.05, 0.1) is 40.8 Å². The quantitative estimate of drug-likeness (QED) is 0.819. The molecule has 1 heterocycles. The van der Waals surface area contributed by atoms with E-state index >= 15 is 0 Å². The van der Waals surface area contributed by atoms with E-state index < -0.39 is 0 Å². The van der Waals surface area contributed by atoms with Crippen LogP contribution >= 0.6 is 23.2 Å².